The van der Waals surface area contributed by atoms with Crippen LogP contribution in [0.2, 0.25) is 0 Å². The zero-order chi connectivity index (χ0) is 16.5. The Morgan fingerprint density at radius 2 is 2.00 bits per heavy atom. The van der Waals surface area contributed by atoms with Crippen molar-refractivity contribution in [2.75, 3.05) is 0 Å². The number of nitrogens with one attached hydrogen (secondary N) is 2. The average molecular weight is 475 g/mol. The van der Waals surface area contributed by atoms with Crippen molar-refractivity contribution >= 4 is 17.7 Å². The Kier molecular flexibility index (Phi) is 11.5. The van der Waals surface area contributed by atoms with E-state index in [1.807, 2.05) is 13.8 Å². The molecule has 1 atom stereocenters. The zero-order valence-corrected chi connectivity index (χ0v) is 16.4. The molecule has 1 fully saturated rings. The van der Waals surface area contributed by atoms with Gasteiger partial charge in [-0.2, -0.15) is 12.2 Å². The van der Waals surface area contributed by atoms with Crippen molar-refractivity contribution in [1.29, 1.82) is 0 Å². The van der Waals surface area contributed by atoms with Crippen LogP contribution in [0.4, 0.5) is 0 Å². The van der Waals surface area contributed by atoms with Gasteiger partial charge in [0.2, 0.25) is 5.91 Å². The minimum Gasteiger partial charge on any atom is -0.392 e. The van der Waals surface area contributed by atoms with Gasteiger partial charge in [0, 0.05) is 27.5 Å². The van der Waals surface area contributed by atoms with Crippen LogP contribution in [0, 0.1) is 6.08 Å². The molecule has 0 spiro atoms. The van der Waals surface area contributed by atoms with E-state index in [9.17, 15) is 14.4 Å². The Balaban J connectivity index is 0. The number of piperidine rings is 1. The largest absolute Gasteiger partial charge is 0.392 e. The third-order valence-corrected chi connectivity index (χ3v) is 2.82. The molecule has 1 saturated heterocycles. The summed E-state index contributed by atoms with van der Waals surface area (Å²) in [5, 5.41) is 4.85. The van der Waals surface area contributed by atoms with Crippen LogP contribution in [-0.2, 0) is 35.4 Å². The van der Waals surface area contributed by atoms with E-state index < -0.39 is 17.4 Å². The molecule has 3 amide bonds. The summed E-state index contributed by atoms with van der Waals surface area (Å²) in [6.07, 6.45) is 7.82. The second kappa shape index (κ2) is 11.1. The Hall–Kier alpha value is -1.48. The van der Waals surface area contributed by atoms with Crippen LogP contribution in [-0.4, -0.2) is 23.3 Å². The van der Waals surface area contributed by atoms with Crippen LogP contribution in [0.15, 0.2) is 30.4 Å². The number of amides is 3. The van der Waals surface area contributed by atoms with Gasteiger partial charge >= 0.3 is 0 Å². The first-order valence-corrected chi connectivity index (χ1v) is 6.97. The molecule has 1 aliphatic heterocycles. The molecular weight excluding hydrogens is 452 g/mol. The normalized spacial score (nSPS) is 21.2. The number of rotatable bonds is 4. The van der Waals surface area contributed by atoms with Gasteiger partial charge in [-0.05, 0) is 13.3 Å². The smallest absolute Gasteiger partial charge is 0.251 e. The van der Waals surface area contributed by atoms with Gasteiger partial charge in [0.25, 0.3) is 5.91 Å². The Labute approximate surface area is 146 Å². The molecule has 22 heavy (non-hydrogen) atoms. The average Bonchev–Trinajstić information content (AvgIpc) is 2.45. The molecule has 2 N–H and O–H groups in total. The molecule has 0 saturated carbocycles. The van der Waals surface area contributed by atoms with Gasteiger partial charge in [-0.1, -0.05) is 20.8 Å². The third kappa shape index (κ3) is 6.52. The Morgan fingerprint density at radius 3 is 2.45 bits per heavy atom. The van der Waals surface area contributed by atoms with Crippen LogP contribution in [0.25, 0.3) is 0 Å². The minimum atomic E-state index is -1.08. The molecule has 6 heteroatoms. The zero-order valence-electron chi connectivity index (χ0n) is 13.5. The first kappa shape index (κ1) is 22.8. The van der Waals surface area contributed by atoms with Crippen molar-refractivity contribution in [3.05, 3.63) is 36.5 Å². The maximum Gasteiger partial charge on any atom is 0.251 e. The quantitative estimate of drug-likeness (QED) is 0.282. The molecule has 1 heterocycles. The van der Waals surface area contributed by atoms with Crippen molar-refractivity contribution in [3.8, 4) is 0 Å². The van der Waals surface area contributed by atoms with Crippen molar-refractivity contribution in [3.63, 3.8) is 0 Å². The van der Waals surface area contributed by atoms with Crippen molar-refractivity contribution < 1.29 is 35.4 Å². The molecule has 0 aromatic heterocycles. The predicted molar refractivity (Wildman–Crippen MR) is 82.0 cm³/mol. The SMILES string of the molecule is C=C/C=C(\[C-]=CC)C(=O)NC1(C)CCC(=O)NC1=O.CC.[W]. The summed E-state index contributed by atoms with van der Waals surface area (Å²) in [5.41, 5.74) is -0.802. The molecule has 0 radical (unpaired) electrons. The topological polar surface area (TPSA) is 75.3 Å². The summed E-state index contributed by atoms with van der Waals surface area (Å²) in [7, 11) is 0. The summed E-state index contributed by atoms with van der Waals surface area (Å²) < 4.78 is 0. The van der Waals surface area contributed by atoms with E-state index in [0.717, 1.165) is 0 Å². The Morgan fingerprint density at radius 1 is 1.41 bits per heavy atom. The van der Waals surface area contributed by atoms with Gasteiger partial charge in [0.05, 0.1) is 0 Å². The number of imide groups is 1. The molecule has 0 aliphatic carbocycles. The van der Waals surface area contributed by atoms with E-state index in [1.165, 1.54) is 12.2 Å². The number of allylic oxidation sites excluding steroid dienone is 3. The van der Waals surface area contributed by atoms with E-state index in [2.05, 4.69) is 23.3 Å². The molecule has 0 bridgehead atoms. The molecule has 122 valence electrons. The van der Waals surface area contributed by atoms with Gasteiger partial charge in [-0.15, -0.1) is 24.3 Å². The van der Waals surface area contributed by atoms with Crippen LogP contribution in [0.5, 0.6) is 0 Å². The summed E-state index contributed by atoms with van der Waals surface area (Å²) in [4.78, 5) is 34.9. The van der Waals surface area contributed by atoms with Crippen LogP contribution in [0.3, 0.4) is 0 Å². The van der Waals surface area contributed by atoms with E-state index in [0.29, 0.717) is 0 Å². The number of carbonyl (C=O) groups excluding carboxylic acids is 3. The predicted octanol–water partition coefficient (Wildman–Crippen LogP) is 1.81. The first-order chi connectivity index (χ1) is 9.92. The summed E-state index contributed by atoms with van der Waals surface area (Å²) in [6.45, 7) is 10.8. The van der Waals surface area contributed by atoms with Gasteiger partial charge in [0.1, 0.15) is 11.4 Å². The molecule has 1 aliphatic rings. The fourth-order valence-electron chi connectivity index (χ4n) is 1.70. The van der Waals surface area contributed by atoms with Gasteiger partial charge < -0.3 is 10.1 Å². The molecule has 1 unspecified atom stereocenters. The van der Waals surface area contributed by atoms with E-state index in [1.54, 1.807) is 19.9 Å². The number of hydrogen-bond donors (Lipinski definition) is 2. The summed E-state index contributed by atoms with van der Waals surface area (Å²) in [5.74, 6) is -1.24. The molecular formula is C16H23N2O3W-. The Bertz CT molecular complexity index is 484. The maximum atomic E-state index is 12.0. The number of hydrogen-bond acceptors (Lipinski definition) is 3. The van der Waals surface area contributed by atoms with E-state index >= 15 is 0 Å². The van der Waals surface area contributed by atoms with Crippen molar-refractivity contribution in [2.45, 2.75) is 46.1 Å². The monoisotopic (exact) mass is 475 g/mol. The van der Waals surface area contributed by atoms with Crippen LogP contribution >= 0.6 is 0 Å². The second-order valence-electron chi connectivity index (χ2n) is 4.41. The second-order valence-corrected chi connectivity index (χ2v) is 4.41. The maximum absolute atomic E-state index is 12.0. The fourth-order valence-corrected chi connectivity index (χ4v) is 1.70. The van der Waals surface area contributed by atoms with Crippen LogP contribution < -0.4 is 10.6 Å². The van der Waals surface area contributed by atoms with Gasteiger partial charge in [-0.3, -0.25) is 14.9 Å². The molecule has 1 rings (SSSR count). The number of carbonyl (C=O) groups is 3. The molecule has 0 aromatic carbocycles. The van der Waals surface area contributed by atoms with Crippen LogP contribution in [0.1, 0.15) is 40.5 Å². The fraction of sp³-hybridized carbons (Fsp3) is 0.438. The first-order valence-electron chi connectivity index (χ1n) is 6.97. The molecule has 0 aromatic rings. The molecule has 5 nitrogen and oxygen atoms in total. The van der Waals surface area contributed by atoms with Gasteiger partial charge in [0.15, 0.2) is 0 Å². The van der Waals surface area contributed by atoms with E-state index in [4.69, 9.17) is 0 Å². The standard InChI is InChI=1S/C14H17N2O3.C2H6.W/c1-4-6-10(7-5-2)12(18)16-14(3)9-8-11(17)15-13(14)19;1-2;/h4-6H,1,8-9H2,2-3H3,(H,16,18)(H,15,17,19);1-2H3;/q-1;;/b10-6+;;. The summed E-state index contributed by atoms with van der Waals surface area (Å²) in [6, 6.07) is 0. The third-order valence-electron chi connectivity index (χ3n) is 2.82. The minimum absolute atomic E-state index is 0. The van der Waals surface area contributed by atoms with Gasteiger partial charge in [-0.25, -0.2) is 0 Å². The van der Waals surface area contributed by atoms with Crippen molar-refractivity contribution in [2.24, 2.45) is 0 Å². The van der Waals surface area contributed by atoms with E-state index in [-0.39, 0.29) is 45.4 Å². The van der Waals surface area contributed by atoms with Crippen molar-refractivity contribution in [1.82, 2.24) is 10.6 Å². The summed E-state index contributed by atoms with van der Waals surface area (Å²) >= 11 is 0.